The minimum Gasteiger partial charge on any atom is -0.493 e. The van der Waals surface area contributed by atoms with E-state index >= 15 is 0 Å². The number of ether oxygens (including phenoxy) is 1. The summed E-state index contributed by atoms with van der Waals surface area (Å²) in [5, 5.41) is 20.2. The Morgan fingerprint density at radius 2 is 1.77 bits per heavy atom. The molecule has 40 heavy (non-hydrogen) atoms. The molecule has 0 amide bonds. The summed E-state index contributed by atoms with van der Waals surface area (Å²) in [6, 6.07) is 15.9. The molecule has 2 aromatic carbocycles. The Kier molecular flexibility index (Phi) is 7.25. The first kappa shape index (κ1) is 27.2. The van der Waals surface area contributed by atoms with Crippen LogP contribution in [0.15, 0.2) is 60.9 Å². The summed E-state index contributed by atoms with van der Waals surface area (Å²) in [7, 11) is 0. The van der Waals surface area contributed by atoms with Gasteiger partial charge in [-0.3, -0.25) is 14.8 Å². The maximum absolute atomic E-state index is 11.9. The molecule has 0 radical (unpaired) electrons. The van der Waals surface area contributed by atoms with Gasteiger partial charge in [-0.1, -0.05) is 6.07 Å². The largest absolute Gasteiger partial charge is 0.493 e. The summed E-state index contributed by atoms with van der Waals surface area (Å²) in [5.74, 6) is -0.0534. The van der Waals surface area contributed by atoms with Gasteiger partial charge in [0, 0.05) is 35.2 Å². The average molecular weight is 536 g/mol. The van der Waals surface area contributed by atoms with E-state index in [9.17, 15) is 9.90 Å². The number of carboxylic acid groups (broad SMARTS) is 1. The zero-order valence-electron chi connectivity index (χ0n) is 23.4. The van der Waals surface area contributed by atoms with Gasteiger partial charge in [0.2, 0.25) is 0 Å². The smallest absolute Gasteiger partial charge is 0.307 e. The van der Waals surface area contributed by atoms with Crippen molar-refractivity contribution in [3.8, 4) is 28.3 Å². The van der Waals surface area contributed by atoms with Gasteiger partial charge in [0.25, 0.3) is 0 Å². The zero-order chi connectivity index (χ0) is 28.6. The highest BCUT2D eigenvalue weighted by Gasteiger charge is 2.23. The molecule has 0 saturated carbocycles. The van der Waals surface area contributed by atoms with E-state index in [4.69, 9.17) is 19.8 Å². The van der Waals surface area contributed by atoms with Crippen LogP contribution in [-0.4, -0.2) is 43.3 Å². The Hall–Kier alpha value is -4.36. The van der Waals surface area contributed by atoms with Crippen molar-refractivity contribution in [2.24, 2.45) is 0 Å². The minimum absolute atomic E-state index is 0.0857. The molecule has 3 aromatic heterocycles. The SMILES string of the molecule is CC(C)(C)O.Cc1cccnc1-c1ccc2c(-c3ccc4c5c(ccnc35)CCO4)c(CC(=O)O)c(C)cc2n1. The van der Waals surface area contributed by atoms with Crippen LogP contribution in [0.4, 0.5) is 0 Å². The molecule has 0 saturated heterocycles. The summed E-state index contributed by atoms with van der Waals surface area (Å²) in [6.45, 7) is 9.84. The lowest BCUT2D eigenvalue weighted by Crippen LogP contribution is -2.10. The molecule has 1 aliphatic rings. The van der Waals surface area contributed by atoms with Gasteiger partial charge < -0.3 is 14.9 Å². The van der Waals surface area contributed by atoms with Gasteiger partial charge in [-0.25, -0.2) is 4.98 Å². The van der Waals surface area contributed by atoms with Gasteiger partial charge in [-0.15, -0.1) is 0 Å². The van der Waals surface area contributed by atoms with Crippen molar-refractivity contribution >= 4 is 27.8 Å². The zero-order valence-corrected chi connectivity index (χ0v) is 23.4. The number of fused-ring (bicyclic) bond motifs is 1. The van der Waals surface area contributed by atoms with Crippen molar-refractivity contribution in [2.45, 2.75) is 53.1 Å². The quantitative estimate of drug-likeness (QED) is 0.272. The van der Waals surface area contributed by atoms with E-state index in [1.807, 2.05) is 68.6 Å². The number of rotatable bonds is 4. The van der Waals surface area contributed by atoms with E-state index in [1.54, 1.807) is 27.0 Å². The van der Waals surface area contributed by atoms with Crippen molar-refractivity contribution in [2.75, 3.05) is 6.61 Å². The number of aryl methyl sites for hydroxylation is 2. The standard InChI is InChI=1S/C29H23N3O3.C4H10O/c1-16-4-3-11-30-28(16)22-7-5-19-23(32-22)14-17(2)21(15-25(33)34)27(19)20-6-8-24-26-18(10-13-35-24)9-12-31-29(20)26;1-4(2,3)5/h3-9,11-12,14H,10,13,15H2,1-2H3,(H,33,34);5H,1-3H3. The lowest BCUT2D eigenvalue weighted by molar-refractivity contribution is -0.136. The highest BCUT2D eigenvalue weighted by molar-refractivity contribution is 6.08. The lowest BCUT2D eigenvalue weighted by atomic mass is 9.87. The number of carbonyl (C=O) groups is 1. The third kappa shape index (κ3) is 5.51. The van der Waals surface area contributed by atoms with E-state index < -0.39 is 11.6 Å². The van der Waals surface area contributed by atoms with E-state index in [2.05, 4.69) is 4.98 Å². The van der Waals surface area contributed by atoms with Crippen LogP contribution in [0, 0.1) is 13.8 Å². The van der Waals surface area contributed by atoms with E-state index in [0.29, 0.717) is 6.61 Å². The molecule has 0 atom stereocenters. The number of hydrogen-bond acceptors (Lipinski definition) is 6. The van der Waals surface area contributed by atoms with Gasteiger partial charge in [0.15, 0.2) is 0 Å². The maximum atomic E-state index is 11.9. The molecule has 1 aliphatic heterocycles. The fourth-order valence-corrected chi connectivity index (χ4v) is 5.12. The van der Waals surface area contributed by atoms with Crippen LogP contribution in [0.5, 0.6) is 5.75 Å². The fraction of sp³-hybridized carbons (Fsp3) is 0.273. The van der Waals surface area contributed by atoms with Crippen LogP contribution in [0.3, 0.4) is 0 Å². The molecule has 0 unspecified atom stereocenters. The van der Waals surface area contributed by atoms with Gasteiger partial charge in [-0.2, -0.15) is 0 Å². The van der Waals surface area contributed by atoms with Crippen molar-refractivity contribution < 1.29 is 19.7 Å². The molecule has 2 N–H and O–H groups in total. The van der Waals surface area contributed by atoms with Crippen molar-refractivity contribution in [3.63, 3.8) is 0 Å². The Bertz CT molecular complexity index is 1740. The molecule has 0 aliphatic carbocycles. The summed E-state index contributed by atoms with van der Waals surface area (Å²) >= 11 is 0. The fourth-order valence-electron chi connectivity index (χ4n) is 5.12. The highest BCUT2D eigenvalue weighted by atomic mass is 16.5. The van der Waals surface area contributed by atoms with E-state index in [-0.39, 0.29) is 6.42 Å². The first-order valence-corrected chi connectivity index (χ1v) is 13.3. The summed E-state index contributed by atoms with van der Waals surface area (Å²) in [4.78, 5) is 26.1. The lowest BCUT2D eigenvalue weighted by Gasteiger charge is -2.21. The number of aliphatic carboxylic acids is 1. The van der Waals surface area contributed by atoms with Crippen molar-refractivity contribution in [1.82, 2.24) is 15.0 Å². The number of benzene rings is 2. The van der Waals surface area contributed by atoms with Crippen molar-refractivity contribution in [1.29, 1.82) is 0 Å². The average Bonchev–Trinajstić information content (AvgIpc) is 2.89. The first-order chi connectivity index (χ1) is 19.0. The van der Waals surface area contributed by atoms with Gasteiger partial charge in [0.05, 0.1) is 41.1 Å². The minimum atomic E-state index is -0.874. The molecule has 204 valence electrons. The van der Waals surface area contributed by atoms with Crippen LogP contribution in [0.25, 0.3) is 44.3 Å². The molecular weight excluding hydrogens is 502 g/mol. The number of hydrogen-bond donors (Lipinski definition) is 2. The number of aliphatic hydroxyl groups is 1. The first-order valence-electron chi connectivity index (χ1n) is 13.3. The number of pyridine rings is 3. The molecule has 4 heterocycles. The number of nitrogens with zero attached hydrogens (tertiary/aromatic N) is 3. The third-order valence-electron chi connectivity index (χ3n) is 6.74. The molecule has 0 spiro atoms. The van der Waals surface area contributed by atoms with Crippen LogP contribution in [0.2, 0.25) is 0 Å². The number of aromatic nitrogens is 3. The van der Waals surface area contributed by atoms with Gasteiger partial charge in [0.1, 0.15) is 5.75 Å². The van der Waals surface area contributed by atoms with Gasteiger partial charge in [-0.05, 0) is 105 Å². The monoisotopic (exact) mass is 535 g/mol. The molecule has 5 aromatic rings. The Labute approximate surface area is 233 Å². The van der Waals surface area contributed by atoms with Gasteiger partial charge >= 0.3 is 5.97 Å². The van der Waals surface area contributed by atoms with Crippen LogP contribution < -0.4 is 4.74 Å². The van der Waals surface area contributed by atoms with Crippen LogP contribution in [0.1, 0.15) is 43.0 Å². The second-order valence-corrected chi connectivity index (χ2v) is 11.1. The molecule has 6 rings (SSSR count). The predicted octanol–water partition coefficient (Wildman–Crippen LogP) is 6.47. The Balaban J connectivity index is 0.000000595. The molecule has 0 bridgehead atoms. The second-order valence-electron chi connectivity index (χ2n) is 11.1. The van der Waals surface area contributed by atoms with E-state index in [0.717, 1.165) is 73.2 Å². The Morgan fingerprint density at radius 3 is 2.50 bits per heavy atom. The predicted molar refractivity (Wildman–Crippen MR) is 158 cm³/mol. The summed E-state index contributed by atoms with van der Waals surface area (Å²) < 4.78 is 5.91. The van der Waals surface area contributed by atoms with Crippen molar-refractivity contribution in [3.05, 3.63) is 83.2 Å². The molecular formula is C33H33N3O4. The highest BCUT2D eigenvalue weighted by Crippen LogP contribution is 2.42. The second kappa shape index (κ2) is 10.7. The topological polar surface area (TPSA) is 105 Å². The molecule has 7 nitrogen and oxygen atoms in total. The maximum Gasteiger partial charge on any atom is 0.307 e. The third-order valence-corrected chi connectivity index (χ3v) is 6.74. The van der Waals surface area contributed by atoms with Crippen LogP contribution >= 0.6 is 0 Å². The number of carboxylic acids is 1. The normalized spacial score (nSPS) is 12.6. The van der Waals surface area contributed by atoms with E-state index in [1.165, 1.54) is 5.56 Å². The molecule has 7 heteroatoms. The summed E-state index contributed by atoms with van der Waals surface area (Å²) in [5.41, 5.74) is 8.40. The summed E-state index contributed by atoms with van der Waals surface area (Å²) in [6.07, 6.45) is 4.33. The molecule has 0 fully saturated rings. The Morgan fingerprint density at radius 1 is 1.00 bits per heavy atom. The van der Waals surface area contributed by atoms with Crippen LogP contribution in [-0.2, 0) is 17.6 Å².